The Morgan fingerprint density at radius 1 is 1.03 bits per heavy atom. The van der Waals surface area contributed by atoms with Gasteiger partial charge in [-0.1, -0.05) is 38.1 Å². The molecule has 4 aromatic rings. The van der Waals surface area contributed by atoms with E-state index in [0.717, 1.165) is 39.6 Å². The van der Waals surface area contributed by atoms with Gasteiger partial charge in [0.1, 0.15) is 5.69 Å². The molecule has 0 bridgehead atoms. The van der Waals surface area contributed by atoms with Crippen molar-refractivity contribution >= 4 is 22.8 Å². The van der Waals surface area contributed by atoms with E-state index in [9.17, 15) is 18.4 Å². The number of carbonyl (C=O) groups is 2. The molecular formula is C29H30F2N4O3. The van der Waals surface area contributed by atoms with Gasteiger partial charge in [-0.25, -0.2) is 8.78 Å². The number of aryl methyl sites for hydroxylation is 1. The Bertz CT molecular complexity index is 1450. The molecule has 2 N–H and O–H groups in total. The molecule has 9 heteroatoms. The molecule has 2 aromatic carbocycles. The van der Waals surface area contributed by atoms with Crippen LogP contribution < -0.4 is 5.32 Å². The van der Waals surface area contributed by atoms with Crippen LogP contribution >= 0.6 is 0 Å². The summed E-state index contributed by atoms with van der Waals surface area (Å²) in [6.07, 6.45) is 1.59. The van der Waals surface area contributed by atoms with Crippen LogP contribution in [-0.2, 0) is 4.79 Å². The number of nitrogens with zero attached hydrogens (tertiary/aromatic N) is 3. The maximum atomic E-state index is 13.1. The van der Waals surface area contributed by atoms with Crippen LogP contribution in [0.3, 0.4) is 0 Å². The van der Waals surface area contributed by atoms with E-state index >= 15 is 0 Å². The van der Waals surface area contributed by atoms with Gasteiger partial charge in [0, 0.05) is 23.7 Å². The maximum Gasteiger partial charge on any atom is 0.305 e. The Labute approximate surface area is 219 Å². The summed E-state index contributed by atoms with van der Waals surface area (Å²) >= 11 is 0. The fraction of sp³-hybridized carbons (Fsp3) is 0.310. The molecule has 0 aliphatic rings. The van der Waals surface area contributed by atoms with Crippen molar-refractivity contribution in [1.82, 2.24) is 20.1 Å². The molecule has 0 spiro atoms. The molecule has 0 radical (unpaired) electrons. The van der Waals surface area contributed by atoms with Crippen molar-refractivity contribution in [2.75, 3.05) is 6.54 Å². The molecule has 1 atom stereocenters. The molecule has 198 valence electrons. The smallest absolute Gasteiger partial charge is 0.305 e. The van der Waals surface area contributed by atoms with Crippen LogP contribution in [0.2, 0.25) is 0 Å². The normalized spacial score (nSPS) is 12.3. The highest BCUT2D eigenvalue weighted by Gasteiger charge is 2.20. The molecule has 1 amide bonds. The van der Waals surface area contributed by atoms with Gasteiger partial charge in [0.2, 0.25) is 0 Å². The number of halogens is 2. The molecule has 0 aliphatic heterocycles. The second-order valence-corrected chi connectivity index (χ2v) is 9.76. The number of pyridine rings is 1. The largest absolute Gasteiger partial charge is 0.481 e. The molecule has 4 rings (SSSR count). The molecule has 0 aliphatic carbocycles. The number of carboxylic acids is 1. The minimum Gasteiger partial charge on any atom is -0.481 e. The molecular weight excluding hydrogens is 490 g/mol. The molecule has 0 fully saturated rings. The first-order valence-electron chi connectivity index (χ1n) is 12.5. The summed E-state index contributed by atoms with van der Waals surface area (Å²) in [6.45, 7) is 6.11. The topological polar surface area (TPSA) is 97.1 Å². The van der Waals surface area contributed by atoms with E-state index in [0.29, 0.717) is 5.92 Å². The molecule has 2 aromatic heterocycles. The van der Waals surface area contributed by atoms with Crippen molar-refractivity contribution in [2.24, 2.45) is 5.92 Å². The molecule has 1 unspecified atom stereocenters. The minimum atomic E-state index is -2.50. The van der Waals surface area contributed by atoms with Crippen LogP contribution in [0.15, 0.2) is 60.9 Å². The number of alkyl halides is 2. The zero-order chi connectivity index (χ0) is 27.4. The van der Waals surface area contributed by atoms with E-state index in [2.05, 4.69) is 29.2 Å². The Hall–Kier alpha value is -4.14. The van der Waals surface area contributed by atoms with Gasteiger partial charge in [0.25, 0.3) is 12.3 Å². The summed E-state index contributed by atoms with van der Waals surface area (Å²) in [5, 5.41) is 16.9. The summed E-state index contributed by atoms with van der Waals surface area (Å²) in [4.78, 5) is 27.3. The standard InChI is InChI=1S/C29H30F2N4O3/c1-17(2)12-26(21-5-8-24(33-15-21)29(38)32-11-10-27(36)37)35-25-9-6-19(14-22(25)16-34-35)23-7-4-20(28(30)31)13-18(23)3/h4-9,13-17,26,28H,10-12H2,1-3H3,(H,32,38)(H,36,37). The highest BCUT2D eigenvalue weighted by atomic mass is 19.3. The van der Waals surface area contributed by atoms with Crippen molar-refractivity contribution < 1.29 is 23.5 Å². The van der Waals surface area contributed by atoms with Gasteiger partial charge >= 0.3 is 5.97 Å². The van der Waals surface area contributed by atoms with E-state index in [4.69, 9.17) is 5.11 Å². The van der Waals surface area contributed by atoms with Crippen molar-refractivity contribution in [3.05, 3.63) is 83.3 Å². The Kier molecular flexibility index (Phi) is 8.14. The number of amides is 1. The first-order valence-corrected chi connectivity index (χ1v) is 12.5. The van der Waals surface area contributed by atoms with E-state index in [-0.39, 0.29) is 30.3 Å². The van der Waals surface area contributed by atoms with Gasteiger partial charge in [-0.3, -0.25) is 19.3 Å². The average molecular weight is 521 g/mol. The van der Waals surface area contributed by atoms with Crippen molar-refractivity contribution in [2.45, 2.75) is 46.1 Å². The predicted molar refractivity (Wildman–Crippen MR) is 141 cm³/mol. The third-order valence-corrected chi connectivity index (χ3v) is 6.43. The Morgan fingerprint density at radius 3 is 2.42 bits per heavy atom. The SMILES string of the molecule is Cc1cc(C(F)F)ccc1-c1ccc2c(cnn2C(CC(C)C)c2ccc(C(=O)NCCC(=O)O)nc2)c1. The Balaban J connectivity index is 1.62. The highest BCUT2D eigenvalue weighted by molar-refractivity contribution is 5.92. The predicted octanol–water partition coefficient (Wildman–Crippen LogP) is 6.18. The second-order valence-electron chi connectivity index (χ2n) is 9.76. The summed E-state index contributed by atoms with van der Waals surface area (Å²) in [5.74, 6) is -1.05. The number of carboxylic acid groups (broad SMARTS) is 1. The highest BCUT2D eigenvalue weighted by Crippen LogP contribution is 2.33. The average Bonchev–Trinajstić information content (AvgIpc) is 3.30. The van der Waals surface area contributed by atoms with Gasteiger partial charge in [0.15, 0.2) is 0 Å². The molecule has 38 heavy (non-hydrogen) atoms. The summed E-state index contributed by atoms with van der Waals surface area (Å²) in [6, 6.07) is 14.0. The zero-order valence-corrected chi connectivity index (χ0v) is 21.5. The third kappa shape index (κ3) is 6.04. The number of hydrogen-bond donors (Lipinski definition) is 2. The lowest BCUT2D eigenvalue weighted by molar-refractivity contribution is -0.136. The molecule has 7 nitrogen and oxygen atoms in total. The van der Waals surface area contributed by atoms with Crippen LogP contribution in [0.25, 0.3) is 22.0 Å². The lowest BCUT2D eigenvalue weighted by atomic mass is 9.96. The number of benzene rings is 2. The number of carbonyl (C=O) groups excluding carboxylic acids is 1. The van der Waals surface area contributed by atoms with Crippen LogP contribution in [0.4, 0.5) is 8.78 Å². The van der Waals surface area contributed by atoms with Crippen molar-refractivity contribution in [1.29, 1.82) is 0 Å². The number of aromatic nitrogens is 3. The number of hydrogen-bond acceptors (Lipinski definition) is 4. The van der Waals surface area contributed by atoms with Crippen LogP contribution in [-0.4, -0.2) is 38.3 Å². The van der Waals surface area contributed by atoms with E-state index in [1.165, 1.54) is 12.1 Å². The second kappa shape index (κ2) is 11.5. The minimum absolute atomic E-state index is 0.00837. The van der Waals surface area contributed by atoms with Crippen LogP contribution in [0, 0.1) is 12.8 Å². The maximum absolute atomic E-state index is 13.1. The molecule has 0 saturated heterocycles. The van der Waals surface area contributed by atoms with Crippen LogP contribution in [0.5, 0.6) is 0 Å². The van der Waals surface area contributed by atoms with Gasteiger partial charge < -0.3 is 10.4 Å². The summed E-state index contributed by atoms with van der Waals surface area (Å²) < 4.78 is 28.1. The van der Waals surface area contributed by atoms with Gasteiger partial charge in [0.05, 0.1) is 24.2 Å². The summed E-state index contributed by atoms with van der Waals surface area (Å²) in [7, 11) is 0. The van der Waals surface area contributed by atoms with Gasteiger partial charge in [-0.05, 0) is 65.8 Å². The number of aliphatic carboxylic acids is 1. The fourth-order valence-electron chi connectivity index (χ4n) is 4.55. The van der Waals surface area contributed by atoms with Gasteiger partial charge in [-0.2, -0.15) is 5.10 Å². The van der Waals surface area contributed by atoms with E-state index in [1.807, 2.05) is 35.9 Å². The molecule has 2 heterocycles. The van der Waals surface area contributed by atoms with Crippen molar-refractivity contribution in [3.63, 3.8) is 0 Å². The summed E-state index contributed by atoms with van der Waals surface area (Å²) in [5.41, 5.74) is 4.65. The monoisotopic (exact) mass is 520 g/mol. The first kappa shape index (κ1) is 26.9. The number of nitrogens with one attached hydrogen (secondary N) is 1. The zero-order valence-electron chi connectivity index (χ0n) is 21.5. The lowest BCUT2D eigenvalue weighted by Gasteiger charge is -2.21. The fourth-order valence-corrected chi connectivity index (χ4v) is 4.55. The van der Waals surface area contributed by atoms with Crippen LogP contribution in [0.1, 0.15) is 66.3 Å². The number of fused-ring (bicyclic) bond motifs is 1. The third-order valence-electron chi connectivity index (χ3n) is 6.43. The Morgan fingerprint density at radius 2 is 1.79 bits per heavy atom. The van der Waals surface area contributed by atoms with E-state index in [1.54, 1.807) is 24.5 Å². The molecule has 0 saturated carbocycles. The number of rotatable bonds is 10. The first-order chi connectivity index (χ1) is 18.1. The lowest BCUT2D eigenvalue weighted by Crippen LogP contribution is -2.27. The van der Waals surface area contributed by atoms with Gasteiger partial charge in [-0.15, -0.1) is 0 Å². The quantitative estimate of drug-likeness (QED) is 0.260. The van der Waals surface area contributed by atoms with Crippen molar-refractivity contribution in [3.8, 4) is 11.1 Å². The van der Waals surface area contributed by atoms with E-state index < -0.39 is 18.3 Å².